The van der Waals surface area contributed by atoms with Gasteiger partial charge in [0.25, 0.3) is 0 Å². The number of hydrogen-bond donors (Lipinski definition) is 0. The first kappa shape index (κ1) is 27.4. The molecule has 0 unspecified atom stereocenters. The maximum atomic E-state index is 15.1. The lowest BCUT2D eigenvalue weighted by Crippen LogP contribution is -2.31. The number of hydrogen-bond acceptors (Lipinski definition) is 2. The fraction of sp³-hybridized carbons (Fsp3) is 0.438. The minimum absolute atomic E-state index is 0.137. The van der Waals surface area contributed by atoms with E-state index in [1.54, 1.807) is 30.3 Å². The molecule has 1 fully saturated rings. The summed E-state index contributed by atoms with van der Waals surface area (Å²) in [6.45, 7) is 5.13. The Labute approximate surface area is 218 Å². The van der Waals surface area contributed by atoms with Gasteiger partial charge in [-0.15, -0.1) is 0 Å². The summed E-state index contributed by atoms with van der Waals surface area (Å²) < 4.78 is 56.1. The zero-order valence-corrected chi connectivity index (χ0v) is 21.9. The van der Waals surface area contributed by atoms with Crippen molar-refractivity contribution in [3.05, 3.63) is 83.2 Å². The van der Waals surface area contributed by atoms with Crippen molar-refractivity contribution < 1.29 is 22.6 Å². The lowest BCUT2D eigenvalue weighted by molar-refractivity contribution is -0.190. The number of benzene rings is 3. The van der Waals surface area contributed by atoms with Crippen LogP contribution in [0.5, 0.6) is 0 Å². The van der Waals surface area contributed by atoms with Crippen molar-refractivity contribution in [1.82, 2.24) is 0 Å². The number of halogens is 3. The molecule has 1 aliphatic heterocycles. The Bertz CT molecular complexity index is 1150. The van der Waals surface area contributed by atoms with E-state index in [0.29, 0.717) is 36.3 Å². The van der Waals surface area contributed by atoms with Crippen LogP contribution in [0.2, 0.25) is 0 Å². The molecule has 3 aromatic rings. The zero-order valence-electron chi connectivity index (χ0n) is 21.9. The molecule has 4 rings (SSSR count). The summed E-state index contributed by atoms with van der Waals surface area (Å²) in [4.78, 5) is 0. The van der Waals surface area contributed by atoms with E-state index in [1.165, 1.54) is 6.07 Å². The largest absolute Gasteiger partial charge is 0.352 e. The molecule has 3 aromatic carbocycles. The lowest BCUT2D eigenvalue weighted by Gasteiger charge is -2.30. The van der Waals surface area contributed by atoms with Gasteiger partial charge in [0, 0.05) is 11.5 Å². The monoisotopic (exact) mass is 510 g/mol. The fourth-order valence-corrected chi connectivity index (χ4v) is 4.90. The maximum absolute atomic E-state index is 15.1. The van der Waals surface area contributed by atoms with Crippen LogP contribution in [0.15, 0.2) is 54.6 Å². The topological polar surface area (TPSA) is 18.5 Å². The molecule has 0 amide bonds. The third kappa shape index (κ3) is 6.82. The average Bonchev–Trinajstić information content (AvgIpc) is 2.92. The fourth-order valence-electron chi connectivity index (χ4n) is 4.90. The van der Waals surface area contributed by atoms with Crippen LogP contribution in [-0.2, 0) is 15.9 Å². The molecule has 1 heterocycles. The van der Waals surface area contributed by atoms with Crippen LogP contribution < -0.4 is 0 Å². The van der Waals surface area contributed by atoms with E-state index < -0.39 is 11.6 Å². The molecular weight excluding hydrogens is 473 g/mol. The number of ether oxygens (including phenoxy) is 2. The van der Waals surface area contributed by atoms with E-state index in [2.05, 4.69) is 13.8 Å². The van der Waals surface area contributed by atoms with E-state index in [0.717, 1.165) is 56.1 Å². The molecule has 198 valence electrons. The average molecular weight is 511 g/mol. The standard InChI is InChI=1S/C32H37F3O2/c1-3-5-7-9-24-15-18-28(32(35)31(24)34)23-13-11-22(12-14-23)25-16-17-27(29(33)19-25)26-20-36-30(37-21-26)10-8-6-4-2/h11-19,26,30H,3-10,20-21H2,1-2H3. The molecule has 0 aromatic heterocycles. The van der Waals surface area contributed by atoms with Crippen molar-refractivity contribution in [3.8, 4) is 22.3 Å². The van der Waals surface area contributed by atoms with Crippen molar-refractivity contribution in [2.45, 2.75) is 77.4 Å². The molecule has 37 heavy (non-hydrogen) atoms. The molecule has 0 saturated carbocycles. The van der Waals surface area contributed by atoms with Crippen LogP contribution in [0, 0.1) is 17.5 Å². The van der Waals surface area contributed by atoms with Gasteiger partial charge in [0.05, 0.1) is 13.2 Å². The van der Waals surface area contributed by atoms with E-state index in [9.17, 15) is 8.78 Å². The van der Waals surface area contributed by atoms with Gasteiger partial charge in [-0.1, -0.05) is 88.1 Å². The Morgan fingerprint density at radius 1 is 0.703 bits per heavy atom. The molecule has 0 radical (unpaired) electrons. The Morgan fingerprint density at radius 2 is 1.35 bits per heavy atom. The first-order valence-corrected chi connectivity index (χ1v) is 13.6. The molecule has 0 bridgehead atoms. The summed E-state index contributed by atoms with van der Waals surface area (Å²) in [5.41, 5.74) is 3.35. The van der Waals surface area contributed by atoms with Crippen molar-refractivity contribution in [3.63, 3.8) is 0 Å². The van der Waals surface area contributed by atoms with Gasteiger partial charge in [-0.05, 0) is 59.6 Å². The minimum atomic E-state index is -0.818. The highest BCUT2D eigenvalue weighted by Gasteiger charge is 2.25. The molecule has 5 heteroatoms. The summed E-state index contributed by atoms with van der Waals surface area (Å²) in [7, 11) is 0. The van der Waals surface area contributed by atoms with Crippen LogP contribution in [-0.4, -0.2) is 19.5 Å². The van der Waals surface area contributed by atoms with Gasteiger partial charge in [0.15, 0.2) is 17.9 Å². The highest BCUT2D eigenvalue weighted by Crippen LogP contribution is 2.32. The van der Waals surface area contributed by atoms with Crippen LogP contribution in [0.25, 0.3) is 22.3 Å². The quantitative estimate of drug-likeness (QED) is 0.239. The minimum Gasteiger partial charge on any atom is -0.352 e. The first-order valence-electron chi connectivity index (χ1n) is 13.6. The molecular formula is C32H37F3O2. The molecule has 1 aliphatic rings. The number of rotatable bonds is 11. The highest BCUT2D eigenvalue weighted by atomic mass is 19.2. The molecule has 0 atom stereocenters. The third-order valence-electron chi connectivity index (χ3n) is 7.19. The molecule has 1 saturated heterocycles. The Hall–Kier alpha value is -2.63. The molecule has 0 aliphatic carbocycles. The Balaban J connectivity index is 1.42. The van der Waals surface area contributed by atoms with Crippen LogP contribution >= 0.6 is 0 Å². The van der Waals surface area contributed by atoms with Crippen molar-refractivity contribution in [2.75, 3.05) is 13.2 Å². The second-order valence-corrected chi connectivity index (χ2v) is 9.96. The smallest absolute Gasteiger partial charge is 0.166 e. The van der Waals surface area contributed by atoms with Crippen molar-refractivity contribution in [2.24, 2.45) is 0 Å². The van der Waals surface area contributed by atoms with Crippen LogP contribution in [0.1, 0.15) is 75.8 Å². The Morgan fingerprint density at radius 3 is 2.03 bits per heavy atom. The van der Waals surface area contributed by atoms with Gasteiger partial charge in [-0.25, -0.2) is 13.2 Å². The van der Waals surface area contributed by atoms with Gasteiger partial charge in [0.1, 0.15) is 5.82 Å². The second-order valence-electron chi connectivity index (χ2n) is 9.96. The van der Waals surface area contributed by atoms with E-state index in [1.807, 2.05) is 18.2 Å². The Kier molecular flexibility index (Phi) is 9.81. The van der Waals surface area contributed by atoms with Crippen molar-refractivity contribution in [1.29, 1.82) is 0 Å². The molecule has 0 spiro atoms. The van der Waals surface area contributed by atoms with E-state index in [-0.39, 0.29) is 23.6 Å². The van der Waals surface area contributed by atoms with Gasteiger partial charge in [-0.2, -0.15) is 0 Å². The van der Waals surface area contributed by atoms with Gasteiger partial charge >= 0.3 is 0 Å². The number of unbranched alkanes of at least 4 members (excludes halogenated alkanes) is 4. The SMILES string of the molecule is CCCCCc1ccc(-c2ccc(-c3ccc(C4COC(CCCCC)OC4)c(F)c3)cc2)c(F)c1F. The van der Waals surface area contributed by atoms with Crippen LogP contribution in [0.4, 0.5) is 13.2 Å². The highest BCUT2D eigenvalue weighted by molar-refractivity contribution is 5.71. The summed E-state index contributed by atoms with van der Waals surface area (Å²) >= 11 is 0. The lowest BCUT2D eigenvalue weighted by atomic mass is 9.94. The third-order valence-corrected chi connectivity index (χ3v) is 7.19. The summed E-state index contributed by atoms with van der Waals surface area (Å²) in [5.74, 6) is -2.02. The van der Waals surface area contributed by atoms with Crippen LogP contribution in [0.3, 0.4) is 0 Å². The van der Waals surface area contributed by atoms with Gasteiger partial charge in [0.2, 0.25) is 0 Å². The normalized spacial score (nSPS) is 17.8. The van der Waals surface area contributed by atoms with Crippen molar-refractivity contribution >= 4 is 0 Å². The predicted octanol–water partition coefficient (Wildman–Crippen LogP) is 9.21. The van der Waals surface area contributed by atoms with E-state index >= 15 is 4.39 Å². The number of aryl methyl sites for hydroxylation is 1. The molecule has 2 nitrogen and oxygen atoms in total. The summed E-state index contributed by atoms with van der Waals surface area (Å²) in [5, 5.41) is 0. The maximum Gasteiger partial charge on any atom is 0.166 e. The zero-order chi connectivity index (χ0) is 26.2. The second kappa shape index (κ2) is 13.3. The van der Waals surface area contributed by atoms with Gasteiger partial charge in [-0.3, -0.25) is 0 Å². The first-order chi connectivity index (χ1) is 18.0. The molecule has 0 N–H and O–H groups in total. The van der Waals surface area contributed by atoms with E-state index in [4.69, 9.17) is 9.47 Å². The summed E-state index contributed by atoms with van der Waals surface area (Å²) in [6.07, 6.45) is 7.46. The predicted molar refractivity (Wildman–Crippen MR) is 143 cm³/mol. The summed E-state index contributed by atoms with van der Waals surface area (Å²) in [6, 6.07) is 15.6. The van der Waals surface area contributed by atoms with Gasteiger partial charge < -0.3 is 9.47 Å².